The Kier molecular flexibility index (Phi) is 4.84. The van der Waals surface area contributed by atoms with E-state index in [0.29, 0.717) is 16.1 Å². The van der Waals surface area contributed by atoms with E-state index in [2.05, 4.69) is 28.9 Å². The number of hydrogen-bond donors (Lipinski definition) is 0. The minimum atomic E-state index is 0.623. The van der Waals surface area contributed by atoms with Crippen LogP contribution in [0, 0.1) is 0 Å². The minimum absolute atomic E-state index is 0.623. The van der Waals surface area contributed by atoms with Gasteiger partial charge in [-0.2, -0.15) is 0 Å². The van der Waals surface area contributed by atoms with Crippen LogP contribution in [-0.2, 0) is 6.54 Å². The van der Waals surface area contributed by atoms with Crippen LogP contribution in [0.1, 0.15) is 18.4 Å². The first-order valence-electron chi connectivity index (χ1n) is 6.24. The molecule has 5 heteroatoms. The number of likely N-dealkylation sites (N-methyl/N-ethyl adjacent to an activating group) is 1. The molecule has 0 bridgehead atoms. The van der Waals surface area contributed by atoms with Gasteiger partial charge in [0, 0.05) is 37.1 Å². The number of piperidine rings is 1. The molecular weight excluding hydrogens is 269 g/mol. The van der Waals surface area contributed by atoms with Crippen LogP contribution in [0.4, 0.5) is 0 Å². The molecule has 0 spiro atoms. The van der Waals surface area contributed by atoms with E-state index in [0.717, 1.165) is 25.2 Å². The maximum Gasteiger partial charge on any atom is 0.0649 e. The molecule has 3 nitrogen and oxygen atoms in total. The summed E-state index contributed by atoms with van der Waals surface area (Å²) in [4.78, 5) is 8.70. The molecule has 2 heterocycles. The molecule has 1 aliphatic heterocycles. The van der Waals surface area contributed by atoms with Gasteiger partial charge in [0.1, 0.15) is 0 Å². The fraction of sp³-hybridized carbons (Fsp3) is 0.615. The van der Waals surface area contributed by atoms with Crippen molar-refractivity contribution in [2.45, 2.75) is 25.4 Å². The van der Waals surface area contributed by atoms with Crippen molar-refractivity contribution in [3.63, 3.8) is 0 Å². The van der Waals surface area contributed by atoms with Crippen LogP contribution < -0.4 is 0 Å². The largest absolute Gasteiger partial charge is 0.305 e. The Morgan fingerprint density at radius 3 is 2.61 bits per heavy atom. The first kappa shape index (κ1) is 14.1. The number of halogens is 2. The fourth-order valence-electron chi connectivity index (χ4n) is 2.41. The van der Waals surface area contributed by atoms with Gasteiger partial charge in [0.05, 0.1) is 10.0 Å². The van der Waals surface area contributed by atoms with Crippen LogP contribution in [-0.4, -0.2) is 48.0 Å². The van der Waals surface area contributed by atoms with E-state index in [4.69, 9.17) is 23.2 Å². The topological polar surface area (TPSA) is 19.4 Å². The van der Waals surface area contributed by atoms with Crippen molar-refractivity contribution in [3.8, 4) is 0 Å². The molecule has 0 N–H and O–H groups in total. The zero-order chi connectivity index (χ0) is 13.1. The van der Waals surface area contributed by atoms with E-state index in [1.807, 2.05) is 0 Å². The maximum absolute atomic E-state index is 6.16. The van der Waals surface area contributed by atoms with Crippen LogP contribution in [0.15, 0.2) is 12.4 Å². The van der Waals surface area contributed by atoms with Crippen molar-refractivity contribution in [1.29, 1.82) is 0 Å². The summed E-state index contributed by atoms with van der Waals surface area (Å²) in [6.45, 7) is 2.99. The predicted molar refractivity (Wildman–Crippen MR) is 76.2 cm³/mol. The Labute approximate surface area is 119 Å². The van der Waals surface area contributed by atoms with E-state index in [-0.39, 0.29) is 0 Å². The van der Waals surface area contributed by atoms with Gasteiger partial charge in [-0.3, -0.25) is 9.88 Å². The van der Waals surface area contributed by atoms with Crippen LogP contribution in [0.5, 0.6) is 0 Å². The first-order valence-corrected chi connectivity index (χ1v) is 7.00. The van der Waals surface area contributed by atoms with Gasteiger partial charge in [-0.1, -0.05) is 23.2 Å². The van der Waals surface area contributed by atoms with Crippen molar-refractivity contribution in [3.05, 3.63) is 28.0 Å². The predicted octanol–water partition coefficient (Wildman–Crippen LogP) is 2.91. The Balaban J connectivity index is 2.05. The number of aromatic nitrogens is 1. The summed E-state index contributed by atoms with van der Waals surface area (Å²) in [6, 6.07) is 0.623. The normalized spacial score (nSPS) is 21.5. The van der Waals surface area contributed by atoms with Crippen molar-refractivity contribution in [1.82, 2.24) is 14.8 Å². The van der Waals surface area contributed by atoms with Crippen LogP contribution in [0.2, 0.25) is 10.0 Å². The Morgan fingerprint density at radius 1 is 1.33 bits per heavy atom. The average molecular weight is 288 g/mol. The standard InChI is InChI=1S/C13H19Cl2N3/c1-17(2)10-4-3-5-18(8-10)9-11-12(14)6-16-7-13(11)15/h6-7,10H,3-5,8-9H2,1-2H3/t10-/m0/s1. The lowest BCUT2D eigenvalue weighted by atomic mass is 10.0. The van der Waals surface area contributed by atoms with Crippen LogP contribution >= 0.6 is 23.2 Å². The second-order valence-electron chi connectivity index (χ2n) is 5.08. The molecule has 18 heavy (non-hydrogen) atoms. The zero-order valence-electron chi connectivity index (χ0n) is 10.9. The first-order chi connectivity index (χ1) is 8.58. The lowest BCUT2D eigenvalue weighted by Gasteiger charge is -2.36. The highest BCUT2D eigenvalue weighted by atomic mass is 35.5. The van der Waals surface area contributed by atoms with E-state index in [1.54, 1.807) is 12.4 Å². The molecular formula is C13H19Cl2N3. The third-order valence-electron chi connectivity index (χ3n) is 3.54. The minimum Gasteiger partial charge on any atom is -0.305 e. The van der Waals surface area contributed by atoms with Crippen molar-refractivity contribution < 1.29 is 0 Å². The molecule has 0 saturated carbocycles. The van der Waals surface area contributed by atoms with Crippen molar-refractivity contribution in [2.75, 3.05) is 27.2 Å². The smallest absolute Gasteiger partial charge is 0.0649 e. The SMILES string of the molecule is CN(C)[C@H]1CCCN(Cc2c(Cl)cncc2Cl)C1. The highest BCUT2D eigenvalue weighted by Gasteiger charge is 2.22. The molecule has 1 saturated heterocycles. The van der Waals surface area contributed by atoms with Gasteiger partial charge in [0.2, 0.25) is 0 Å². The van der Waals surface area contributed by atoms with Gasteiger partial charge in [-0.25, -0.2) is 0 Å². The highest BCUT2D eigenvalue weighted by molar-refractivity contribution is 6.35. The van der Waals surface area contributed by atoms with Crippen LogP contribution in [0.25, 0.3) is 0 Å². The number of nitrogens with zero attached hydrogens (tertiary/aromatic N) is 3. The van der Waals surface area contributed by atoms with Crippen LogP contribution in [0.3, 0.4) is 0 Å². The summed E-state index contributed by atoms with van der Waals surface area (Å²) in [5, 5.41) is 1.32. The fourth-order valence-corrected chi connectivity index (χ4v) is 2.89. The van der Waals surface area contributed by atoms with Gasteiger partial charge < -0.3 is 4.90 Å². The molecule has 1 atom stereocenters. The summed E-state index contributed by atoms with van der Waals surface area (Å²) < 4.78 is 0. The number of likely N-dealkylation sites (tertiary alicyclic amines) is 1. The second kappa shape index (κ2) is 6.20. The molecule has 1 fully saturated rings. The van der Waals surface area contributed by atoms with E-state index < -0.39 is 0 Å². The summed E-state index contributed by atoms with van der Waals surface area (Å²) in [7, 11) is 4.28. The Bertz CT molecular complexity index is 389. The number of rotatable bonds is 3. The van der Waals surface area contributed by atoms with Gasteiger partial charge >= 0.3 is 0 Å². The molecule has 0 aromatic carbocycles. The molecule has 0 radical (unpaired) electrons. The molecule has 0 unspecified atom stereocenters. The molecule has 0 aliphatic carbocycles. The summed E-state index contributed by atoms with van der Waals surface area (Å²) in [5.74, 6) is 0. The van der Waals surface area contributed by atoms with Crippen molar-refractivity contribution >= 4 is 23.2 Å². The maximum atomic E-state index is 6.16. The third kappa shape index (κ3) is 3.35. The number of hydrogen-bond acceptors (Lipinski definition) is 3. The summed E-state index contributed by atoms with van der Waals surface area (Å²) >= 11 is 12.3. The van der Waals surface area contributed by atoms with E-state index >= 15 is 0 Å². The second-order valence-corrected chi connectivity index (χ2v) is 5.89. The van der Waals surface area contributed by atoms with E-state index in [1.165, 1.54) is 12.8 Å². The van der Waals surface area contributed by atoms with Crippen molar-refractivity contribution in [2.24, 2.45) is 0 Å². The molecule has 100 valence electrons. The molecule has 0 amide bonds. The lowest BCUT2D eigenvalue weighted by molar-refractivity contribution is 0.128. The summed E-state index contributed by atoms with van der Waals surface area (Å²) in [6.07, 6.45) is 5.82. The monoisotopic (exact) mass is 287 g/mol. The highest BCUT2D eigenvalue weighted by Crippen LogP contribution is 2.26. The van der Waals surface area contributed by atoms with Gasteiger partial charge in [-0.05, 0) is 33.5 Å². The number of pyridine rings is 1. The average Bonchev–Trinajstić information content (AvgIpc) is 2.34. The van der Waals surface area contributed by atoms with Gasteiger partial charge in [0.25, 0.3) is 0 Å². The molecule has 1 aromatic heterocycles. The quantitative estimate of drug-likeness (QED) is 0.852. The van der Waals surface area contributed by atoms with Gasteiger partial charge in [0.15, 0.2) is 0 Å². The molecule has 2 rings (SSSR count). The lowest BCUT2D eigenvalue weighted by Crippen LogP contribution is -2.44. The Morgan fingerprint density at radius 2 is 2.00 bits per heavy atom. The molecule has 1 aliphatic rings. The van der Waals surface area contributed by atoms with E-state index in [9.17, 15) is 0 Å². The third-order valence-corrected chi connectivity index (χ3v) is 4.20. The summed E-state index contributed by atoms with van der Waals surface area (Å²) in [5.41, 5.74) is 0.993. The Hall–Kier alpha value is -0.350. The zero-order valence-corrected chi connectivity index (χ0v) is 12.4. The van der Waals surface area contributed by atoms with Gasteiger partial charge in [-0.15, -0.1) is 0 Å². The molecule has 1 aromatic rings.